The lowest BCUT2D eigenvalue weighted by atomic mass is 10.0. The maximum atomic E-state index is 12.9. The molecule has 0 N–H and O–H groups in total. The molecule has 0 bridgehead atoms. The van der Waals surface area contributed by atoms with Crippen LogP contribution in [0.3, 0.4) is 0 Å². The van der Waals surface area contributed by atoms with Crippen molar-refractivity contribution in [2.45, 2.75) is 335 Å². The average Bonchev–Trinajstić information content (AvgIpc) is 3.41. The first-order valence-corrected chi connectivity index (χ1v) is 32.4. The fourth-order valence-electron chi connectivity index (χ4n) is 9.35. The number of unbranched alkanes of at least 4 members (excludes halogenated alkanes) is 36. The first kappa shape index (κ1) is 71.8. The van der Waals surface area contributed by atoms with Gasteiger partial charge in [0.25, 0.3) is 0 Å². The third-order valence-electron chi connectivity index (χ3n) is 14.2. The SMILES string of the molecule is CC/C=C\C/C=C\C/C=C\C/C=C\C/C=C\CCCCCC(=O)OCC(COC(=O)CCCCCCCCCCCCCCCCCCCCC)OC(=O)CCCCCCCCCCC/C=C\CCCCCCCC. The van der Waals surface area contributed by atoms with Gasteiger partial charge in [-0.1, -0.05) is 293 Å². The molecule has 1 atom stereocenters. The largest absolute Gasteiger partial charge is 0.462 e. The first-order chi connectivity index (χ1) is 37.0. The maximum absolute atomic E-state index is 12.9. The van der Waals surface area contributed by atoms with E-state index in [0.717, 1.165) is 96.3 Å². The highest BCUT2D eigenvalue weighted by Crippen LogP contribution is 2.17. The zero-order chi connectivity index (χ0) is 54.3. The van der Waals surface area contributed by atoms with E-state index in [1.807, 2.05) is 0 Å². The van der Waals surface area contributed by atoms with Crippen molar-refractivity contribution < 1.29 is 28.6 Å². The molecule has 75 heavy (non-hydrogen) atoms. The zero-order valence-corrected chi connectivity index (χ0v) is 49.8. The Labute approximate surface area is 465 Å². The minimum absolute atomic E-state index is 0.0836. The van der Waals surface area contributed by atoms with Crippen LogP contribution < -0.4 is 0 Å². The summed E-state index contributed by atoms with van der Waals surface area (Å²) in [4.78, 5) is 38.4. The summed E-state index contributed by atoms with van der Waals surface area (Å²) in [7, 11) is 0. The highest BCUT2D eigenvalue weighted by molar-refractivity contribution is 5.71. The predicted molar refractivity (Wildman–Crippen MR) is 325 cm³/mol. The number of hydrogen-bond donors (Lipinski definition) is 0. The average molecular weight is 1050 g/mol. The summed E-state index contributed by atoms with van der Waals surface area (Å²) in [5.41, 5.74) is 0. The van der Waals surface area contributed by atoms with Gasteiger partial charge in [0.15, 0.2) is 6.10 Å². The Kier molecular flexibility index (Phi) is 60.7. The minimum atomic E-state index is -0.790. The van der Waals surface area contributed by atoms with E-state index >= 15 is 0 Å². The molecule has 0 rings (SSSR count). The van der Waals surface area contributed by atoms with Gasteiger partial charge in [-0.3, -0.25) is 14.4 Å². The Balaban J connectivity index is 4.41. The summed E-state index contributed by atoms with van der Waals surface area (Å²) >= 11 is 0. The molecule has 0 aromatic heterocycles. The van der Waals surface area contributed by atoms with E-state index in [4.69, 9.17) is 14.2 Å². The first-order valence-electron chi connectivity index (χ1n) is 32.4. The Hall–Kier alpha value is -3.15. The van der Waals surface area contributed by atoms with Crippen LogP contribution in [0.2, 0.25) is 0 Å². The molecule has 0 saturated carbocycles. The highest BCUT2D eigenvalue weighted by Gasteiger charge is 2.19. The Morgan fingerprint density at radius 1 is 0.280 bits per heavy atom. The molecule has 0 spiro atoms. The fraction of sp³-hybridized carbons (Fsp3) is 0.783. The van der Waals surface area contributed by atoms with Crippen molar-refractivity contribution in [3.63, 3.8) is 0 Å². The lowest BCUT2D eigenvalue weighted by Gasteiger charge is -2.18. The van der Waals surface area contributed by atoms with Gasteiger partial charge >= 0.3 is 17.9 Å². The van der Waals surface area contributed by atoms with Crippen molar-refractivity contribution in [3.8, 4) is 0 Å². The van der Waals surface area contributed by atoms with Gasteiger partial charge in [-0.2, -0.15) is 0 Å². The molecular weight excluding hydrogens is 925 g/mol. The molecule has 1 unspecified atom stereocenters. The van der Waals surface area contributed by atoms with Crippen molar-refractivity contribution >= 4 is 17.9 Å². The molecule has 0 aliphatic carbocycles. The number of carbonyl (C=O) groups excluding carboxylic acids is 3. The molecule has 0 aliphatic heterocycles. The summed E-state index contributed by atoms with van der Waals surface area (Å²) in [6, 6.07) is 0. The highest BCUT2D eigenvalue weighted by atomic mass is 16.6. The number of ether oxygens (including phenoxy) is 3. The van der Waals surface area contributed by atoms with Crippen LogP contribution >= 0.6 is 0 Å². The molecule has 0 radical (unpaired) electrons. The molecule has 0 aliphatic rings. The topological polar surface area (TPSA) is 78.9 Å². The lowest BCUT2D eigenvalue weighted by Crippen LogP contribution is -2.30. The van der Waals surface area contributed by atoms with Gasteiger partial charge in [-0.25, -0.2) is 0 Å². The quantitative estimate of drug-likeness (QED) is 0.0261. The molecule has 0 aromatic carbocycles. The van der Waals surface area contributed by atoms with Gasteiger partial charge < -0.3 is 14.2 Å². The predicted octanol–water partition coefficient (Wildman–Crippen LogP) is 22.1. The van der Waals surface area contributed by atoms with Crippen molar-refractivity contribution in [2.24, 2.45) is 0 Å². The van der Waals surface area contributed by atoms with Crippen LogP contribution in [0.25, 0.3) is 0 Å². The van der Waals surface area contributed by atoms with E-state index in [9.17, 15) is 14.4 Å². The van der Waals surface area contributed by atoms with Crippen LogP contribution in [-0.4, -0.2) is 37.2 Å². The summed E-state index contributed by atoms with van der Waals surface area (Å²) in [5.74, 6) is -0.901. The summed E-state index contributed by atoms with van der Waals surface area (Å²) in [6.07, 6.45) is 81.9. The molecule has 0 heterocycles. The second kappa shape index (κ2) is 63.4. The normalized spacial score (nSPS) is 12.5. The van der Waals surface area contributed by atoms with E-state index < -0.39 is 6.10 Å². The van der Waals surface area contributed by atoms with Crippen LogP contribution in [0, 0.1) is 0 Å². The smallest absolute Gasteiger partial charge is 0.306 e. The fourth-order valence-corrected chi connectivity index (χ4v) is 9.35. The number of hydrogen-bond acceptors (Lipinski definition) is 6. The molecule has 0 saturated heterocycles. The van der Waals surface area contributed by atoms with Crippen LogP contribution in [0.4, 0.5) is 0 Å². The van der Waals surface area contributed by atoms with E-state index in [1.54, 1.807) is 0 Å². The van der Waals surface area contributed by atoms with Gasteiger partial charge in [0.1, 0.15) is 13.2 Å². The van der Waals surface area contributed by atoms with E-state index in [2.05, 4.69) is 93.7 Å². The number of rotatable bonds is 59. The van der Waals surface area contributed by atoms with Gasteiger partial charge in [0.05, 0.1) is 0 Å². The maximum Gasteiger partial charge on any atom is 0.306 e. The van der Waals surface area contributed by atoms with Gasteiger partial charge in [-0.15, -0.1) is 0 Å². The van der Waals surface area contributed by atoms with Crippen molar-refractivity contribution in [2.75, 3.05) is 13.2 Å². The third-order valence-corrected chi connectivity index (χ3v) is 14.2. The van der Waals surface area contributed by atoms with E-state index in [1.165, 1.54) is 193 Å². The van der Waals surface area contributed by atoms with Crippen LogP contribution in [0.1, 0.15) is 329 Å². The minimum Gasteiger partial charge on any atom is -0.462 e. The van der Waals surface area contributed by atoms with Crippen LogP contribution in [0.5, 0.6) is 0 Å². The van der Waals surface area contributed by atoms with Crippen molar-refractivity contribution in [1.29, 1.82) is 0 Å². The zero-order valence-electron chi connectivity index (χ0n) is 49.8. The van der Waals surface area contributed by atoms with E-state index in [0.29, 0.717) is 19.3 Å². The van der Waals surface area contributed by atoms with Crippen LogP contribution in [0.15, 0.2) is 72.9 Å². The van der Waals surface area contributed by atoms with Gasteiger partial charge in [-0.05, 0) is 89.9 Å². The second-order valence-electron chi connectivity index (χ2n) is 21.6. The molecular formula is C69H122O6. The monoisotopic (exact) mass is 1050 g/mol. The Morgan fingerprint density at radius 3 is 0.840 bits per heavy atom. The number of carbonyl (C=O) groups is 3. The summed E-state index contributed by atoms with van der Waals surface area (Å²) in [5, 5.41) is 0. The molecule has 6 heteroatoms. The molecule has 0 fully saturated rings. The second-order valence-corrected chi connectivity index (χ2v) is 21.6. The van der Waals surface area contributed by atoms with Crippen LogP contribution in [-0.2, 0) is 28.6 Å². The Bertz CT molecular complexity index is 1390. The number of allylic oxidation sites excluding steroid dienone is 12. The number of esters is 3. The molecule has 6 nitrogen and oxygen atoms in total. The van der Waals surface area contributed by atoms with E-state index in [-0.39, 0.29) is 31.1 Å². The molecule has 0 amide bonds. The summed E-state index contributed by atoms with van der Waals surface area (Å²) in [6.45, 7) is 6.54. The molecule has 0 aromatic rings. The van der Waals surface area contributed by atoms with Crippen molar-refractivity contribution in [1.82, 2.24) is 0 Å². The van der Waals surface area contributed by atoms with Gasteiger partial charge in [0.2, 0.25) is 0 Å². The van der Waals surface area contributed by atoms with Gasteiger partial charge in [0, 0.05) is 19.3 Å². The van der Waals surface area contributed by atoms with Crippen molar-refractivity contribution in [3.05, 3.63) is 72.9 Å². The standard InChI is InChI=1S/C69H122O6/c1-4-7-10-13-16-19-22-25-28-31-34-37-40-43-46-49-52-55-58-61-67(70)73-64-66(75-69(72)63-60-57-54-51-48-45-42-39-36-33-30-27-24-21-18-15-12-9-6-3)65-74-68(71)62-59-56-53-50-47-44-41-38-35-32-29-26-23-20-17-14-11-8-5-2/h7,10,16,19,25,27-28,30,34,37,43,46,66H,4-6,8-9,11-15,17-18,20-24,26,29,31-33,35-36,38-42,44-45,47-65H2,1-3H3/b10-7-,19-16-,28-25-,30-27-,37-34-,46-43-. The lowest BCUT2D eigenvalue weighted by molar-refractivity contribution is -0.167. The third kappa shape index (κ3) is 61.6. The molecule has 434 valence electrons. The Morgan fingerprint density at radius 2 is 0.520 bits per heavy atom. The summed E-state index contributed by atoms with van der Waals surface area (Å²) < 4.78 is 16.9.